The highest BCUT2D eigenvalue weighted by atomic mass is 127. The fourth-order valence-electron chi connectivity index (χ4n) is 1.33. The zero-order valence-corrected chi connectivity index (χ0v) is 11.9. The van der Waals surface area contributed by atoms with Gasteiger partial charge in [-0.05, 0) is 46.9 Å². The zero-order chi connectivity index (χ0) is 14.8. The van der Waals surface area contributed by atoms with E-state index in [1.807, 2.05) is 0 Å². The van der Waals surface area contributed by atoms with Crippen LogP contribution in [0.5, 0.6) is 0 Å². The lowest BCUT2D eigenvalue weighted by atomic mass is 10.2. The summed E-state index contributed by atoms with van der Waals surface area (Å²) in [5.74, 6) is -0.254. The molecule has 8 heteroatoms. The summed E-state index contributed by atoms with van der Waals surface area (Å²) in [7, 11) is 0. The molecule has 0 radical (unpaired) electrons. The minimum Gasteiger partial charge on any atom is -0.307 e. The number of pyridine rings is 2. The number of carbonyl (C=O) groups excluding carboxylic acids is 1. The Bertz CT molecular complexity index is 611. The van der Waals surface area contributed by atoms with Gasteiger partial charge in [0.2, 0.25) is 0 Å². The molecule has 0 unspecified atom stereocenters. The van der Waals surface area contributed by atoms with Crippen molar-refractivity contribution >= 4 is 34.3 Å². The number of rotatable bonds is 2. The molecule has 0 aliphatic heterocycles. The van der Waals surface area contributed by atoms with Crippen LogP contribution in [0.15, 0.2) is 36.7 Å². The van der Waals surface area contributed by atoms with Crippen molar-refractivity contribution < 1.29 is 18.0 Å². The van der Waals surface area contributed by atoms with Crippen molar-refractivity contribution in [2.75, 3.05) is 5.32 Å². The summed E-state index contributed by atoms with van der Waals surface area (Å²) >= 11 is 2.06. The molecule has 0 atom stereocenters. The van der Waals surface area contributed by atoms with E-state index in [1.54, 1.807) is 18.3 Å². The molecule has 0 saturated heterocycles. The van der Waals surface area contributed by atoms with Gasteiger partial charge in [0.1, 0.15) is 11.5 Å². The number of hydrogen-bond donors (Lipinski definition) is 1. The second-order valence-corrected chi connectivity index (χ2v) is 4.99. The Kier molecular flexibility index (Phi) is 4.21. The maximum atomic E-state index is 12.3. The van der Waals surface area contributed by atoms with Gasteiger partial charge in [0.25, 0.3) is 5.91 Å². The van der Waals surface area contributed by atoms with Crippen LogP contribution in [0.4, 0.5) is 19.0 Å². The first-order chi connectivity index (χ1) is 9.36. The van der Waals surface area contributed by atoms with E-state index in [1.165, 1.54) is 0 Å². The molecule has 2 rings (SSSR count). The molecule has 20 heavy (non-hydrogen) atoms. The van der Waals surface area contributed by atoms with E-state index < -0.39 is 17.8 Å². The monoisotopic (exact) mass is 393 g/mol. The van der Waals surface area contributed by atoms with Gasteiger partial charge < -0.3 is 5.32 Å². The third kappa shape index (κ3) is 3.65. The molecule has 0 aromatic carbocycles. The molecule has 104 valence electrons. The highest BCUT2D eigenvalue weighted by molar-refractivity contribution is 14.1. The normalized spacial score (nSPS) is 11.2. The van der Waals surface area contributed by atoms with Crippen molar-refractivity contribution in [3.8, 4) is 0 Å². The largest absolute Gasteiger partial charge is 0.433 e. The molecular formula is C12H7F3IN3O. The summed E-state index contributed by atoms with van der Waals surface area (Å²) in [4.78, 5) is 19.0. The van der Waals surface area contributed by atoms with Crippen molar-refractivity contribution in [2.45, 2.75) is 6.18 Å². The van der Waals surface area contributed by atoms with Crippen molar-refractivity contribution in [3.63, 3.8) is 0 Å². The smallest absolute Gasteiger partial charge is 0.307 e. The summed E-state index contributed by atoms with van der Waals surface area (Å²) in [6.07, 6.45) is -2.08. The van der Waals surface area contributed by atoms with E-state index in [0.717, 1.165) is 21.9 Å². The number of alkyl halides is 3. The van der Waals surface area contributed by atoms with Crippen molar-refractivity contribution in [2.24, 2.45) is 0 Å². The van der Waals surface area contributed by atoms with Crippen LogP contribution in [0.25, 0.3) is 0 Å². The van der Waals surface area contributed by atoms with Crippen molar-refractivity contribution in [1.82, 2.24) is 9.97 Å². The number of amides is 1. The van der Waals surface area contributed by atoms with Crippen LogP contribution in [0.1, 0.15) is 16.1 Å². The second kappa shape index (κ2) is 5.73. The fourth-order valence-corrected chi connectivity index (χ4v) is 1.65. The molecule has 2 heterocycles. The van der Waals surface area contributed by atoms with Gasteiger partial charge in [-0.1, -0.05) is 0 Å². The van der Waals surface area contributed by atoms with Crippen molar-refractivity contribution in [3.05, 3.63) is 51.5 Å². The molecule has 0 aliphatic rings. The highest BCUT2D eigenvalue weighted by Crippen LogP contribution is 2.27. The molecule has 1 amide bonds. The molecule has 2 aromatic rings. The summed E-state index contributed by atoms with van der Waals surface area (Å²) in [5, 5.41) is 2.47. The van der Waals surface area contributed by atoms with Gasteiger partial charge in [-0.15, -0.1) is 0 Å². The van der Waals surface area contributed by atoms with E-state index in [-0.39, 0.29) is 5.56 Å². The van der Waals surface area contributed by atoms with E-state index in [2.05, 4.69) is 37.9 Å². The summed E-state index contributed by atoms with van der Waals surface area (Å²) in [5.41, 5.74) is -1.01. The van der Waals surface area contributed by atoms with Gasteiger partial charge >= 0.3 is 6.18 Å². The number of halogens is 4. The third-order valence-electron chi connectivity index (χ3n) is 2.29. The quantitative estimate of drug-likeness (QED) is 0.797. The van der Waals surface area contributed by atoms with Gasteiger partial charge in [0, 0.05) is 16.0 Å². The molecule has 0 aliphatic carbocycles. The number of carbonyl (C=O) groups is 1. The van der Waals surface area contributed by atoms with Gasteiger partial charge in [-0.2, -0.15) is 13.2 Å². The molecule has 0 fully saturated rings. The lowest BCUT2D eigenvalue weighted by Crippen LogP contribution is -2.14. The topological polar surface area (TPSA) is 54.9 Å². The van der Waals surface area contributed by atoms with E-state index >= 15 is 0 Å². The van der Waals surface area contributed by atoms with Gasteiger partial charge in [-0.25, -0.2) is 4.98 Å². The second-order valence-electron chi connectivity index (χ2n) is 3.75. The van der Waals surface area contributed by atoms with Crippen molar-refractivity contribution in [1.29, 1.82) is 0 Å². The minimum absolute atomic E-state index is 0.0263. The Balaban J connectivity index is 2.11. The minimum atomic E-state index is -4.52. The van der Waals surface area contributed by atoms with Crippen LogP contribution in [-0.4, -0.2) is 15.9 Å². The highest BCUT2D eigenvalue weighted by Gasteiger charge is 2.32. The molecule has 2 aromatic heterocycles. The van der Waals surface area contributed by atoms with Gasteiger partial charge in [-0.3, -0.25) is 9.78 Å². The predicted molar refractivity (Wildman–Crippen MR) is 74.1 cm³/mol. The summed E-state index contributed by atoms with van der Waals surface area (Å²) in [6.45, 7) is 0. The Morgan fingerprint density at radius 3 is 2.35 bits per heavy atom. The Hall–Kier alpha value is -1.71. The first-order valence-corrected chi connectivity index (χ1v) is 6.40. The van der Waals surface area contributed by atoms with Crippen LogP contribution >= 0.6 is 22.6 Å². The van der Waals surface area contributed by atoms with Gasteiger partial charge in [0.15, 0.2) is 0 Å². The van der Waals surface area contributed by atoms with E-state index in [9.17, 15) is 18.0 Å². The number of anilines is 1. The van der Waals surface area contributed by atoms with Crippen LogP contribution in [-0.2, 0) is 6.18 Å². The number of nitrogens with zero attached hydrogens (tertiary/aromatic N) is 2. The predicted octanol–water partition coefficient (Wildman–Crippen LogP) is 3.35. The van der Waals surface area contributed by atoms with Crippen LogP contribution < -0.4 is 5.32 Å². The standard InChI is InChI=1S/C12H7F3IN3O/c13-12(14,15)9-3-1-7(5-17-9)11(20)19-10-4-2-8(16)6-18-10/h1-6H,(H,18,19,20). The third-order valence-corrected chi connectivity index (χ3v) is 2.92. The SMILES string of the molecule is O=C(Nc1ccc(I)cn1)c1ccc(C(F)(F)F)nc1. The number of hydrogen-bond acceptors (Lipinski definition) is 3. The Morgan fingerprint density at radius 1 is 1.10 bits per heavy atom. The molecule has 0 bridgehead atoms. The first-order valence-electron chi connectivity index (χ1n) is 5.32. The van der Waals surface area contributed by atoms with Crippen LogP contribution in [0.3, 0.4) is 0 Å². The first kappa shape index (κ1) is 14.7. The molecule has 0 spiro atoms. The van der Waals surface area contributed by atoms with Gasteiger partial charge in [0.05, 0.1) is 5.56 Å². The fraction of sp³-hybridized carbons (Fsp3) is 0.0833. The molecular weight excluding hydrogens is 386 g/mol. The number of aromatic nitrogens is 2. The van der Waals surface area contributed by atoms with E-state index in [4.69, 9.17) is 0 Å². The van der Waals surface area contributed by atoms with E-state index in [0.29, 0.717) is 5.82 Å². The van der Waals surface area contributed by atoms with Crippen LogP contribution in [0.2, 0.25) is 0 Å². The Morgan fingerprint density at radius 2 is 1.85 bits per heavy atom. The molecule has 0 saturated carbocycles. The maximum absolute atomic E-state index is 12.3. The average Bonchev–Trinajstić information content (AvgIpc) is 2.40. The summed E-state index contributed by atoms with van der Waals surface area (Å²) in [6, 6.07) is 5.17. The maximum Gasteiger partial charge on any atom is 0.433 e. The average molecular weight is 393 g/mol. The zero-order valence-electron chi connectivity index (χ0n) is 9.78. The lowest BCUT2D eigenvalue weighted by molar-refractivity contribution is -0.141. The lowest BCUT2D eigenvalue weighted by Gasteiger charge is -2.07. The Labute approximate surface area is 125 Å². The summed E-state index contributed by atoms with van der Waals surface area (Å²) < 4.78 is 37.9. The van der Waals surface area contributed by atoms with Crippen LogP contribution in [0, 0.1) is 3.57 Å². The molecule has 4 nitrogen and oxygen atoms in total. The number of nitrogens with one attached hydrogen (secondary N) is 1. The molecule has 1 N–H and O–H groups in total.